The summed E-state index contributed by atoms with van der Waals surface area (Å²) in [6, 6.07) is 10.8. The minimum atomic E-state index is -3.89. The monoisotopic (exact) mass is 423 g/mol. The quantitative estimate of drug-likeness (QED) is 0.520. The lowest BCUT2D eigenvalue weighted by molar-refractivity contribution is -0.112. The molecule has 152 valence electrons. The van der Waals surface area contributed by atoms with Crippen LogP contribution in [0.2, 0.25) is 0 Å². The van der Waals surface area contributed by atoms with Crippen molar-refractivity contribution in [3.05, 3.63) is 53.6 Å². The van der Waals surface area contributed by atoms with Crippen LogP contribution in [0.4, 0.5) is 14.5 Å². The summed E-state index contributed by atoms with van der Waals surface area (Å²) in [5.74, 6) is -1.18. The van der Waals surface area contributed by atoms with Gasteiger partial charge in [-0.15, -0.1) is 0 Å². The van der Waals surface area contributed by atoms with Crippen LogP contribution in [0.3, 0.4) is 0 Å². The number of nitrogens with one attached hydrogen (secondary N) is 1. The minimum absolute atomic E-state index is 0.00432. The third-order valence-corrected chi connectivity index (χ3v) is 4.47. The number of halogens is 2. The number of rotatable bonds is 7. The van der Waals surface area contributed by atoms with E-state index in [0.29, 0.717) is 0 Å². The van der Waals surface area contributed by atoms with Crippen molar-refractivity contribution in [1.82, 2.24) is 0 Å². The lowest BCUT2D eigenvalue weighted by Gasteiger charge is -2.12. The lowest BCUT2D eigenvalue weighted by Crippen LogP contribution is -2.15. The number of methoxy groups -OCH3 is 1. The van der Waals surface area contributed by atoms with E-state index >= 15 is 0 Å². The molecule has 0 saturated carbocycles. The fourth-order valence-electron chi connectivity index (χ4n) is 2.25. The largest absolute Gasteiger partial charge is 0.493 e. The first kappa shape index (κ1) is 21.8. The molecule has 1 amide bonds. The van der Waals surface area contributed by atoms with Gasteiger partial charge in [-0.1, -0.05) is 12.1 Å². The summed E-state index contributed by atoms with van der Waals surface area (Å²) in [6.07, 6.45) is 1.06. The zero-order valence-corrected chi connectivity index (χ0v) is 15.7. The molecule has 0 aromatic heterocycles. The number of alkyl halides is 2. The van der Waals surface area contributed by atoms with Gasteiger partial charge in [-0.25, -0.2) is 13.6 Å². The van der Waals surface area contributed by atoms with E-state index in [1.54, 1.807) is 6.07 Å². The maximum absolute atomic E-state index is 12.7. The number of anilines is 1. The smallest absolute Gasteiger partial charge is 0.387 e. The number of nitrogens with zero attached hydrogens (tertiary/aromatic N) is 1. The number of carbonyl (C=O) groups is 1. The summed E-state index contributed by atoms with van der Waals surface area (Å²) in [6.45, 7) is -3.14. The third-order valence-electron chi connectivity index (χ3n) is 3.54. The van der Waals surface area contributed by atoms with Crippen LogP contribution in [-0.4, -0.2) is 28.0 Å². The Morgan fingerprint density at radius 3 is 2.41 bits per heavy atom. The van der Waals surface area contributed by atoms with Crippen molar-refractivity contribution < 1.29 is 31.5 Å². The average Bonchev–Trinajstić information content (AvgIpc) is 2.66. The fraction of sp³-hybridized carbons (Fsp3) is 0.111. The standard InChI is InChI=1S/C18H15F2N3O5S/c1-27-15-4-2-3-11(16(15)28-18(19)20)9-12(10-21)17(24)23-13-5-7-14(8-6-13)29(22,25)26/h2-9,18H,1H3,(H,23,24)(H2,22,25,26)/b12-9+. The molecule has 0 heterocycles. The highest BCUT2D eigenvalue weighted by molar-refractivity contribution is 7.89. The molecule has 0 spiro atoms. The molecule has 2 rings (SSSR count). The molecule has 0 bridgehead atoms. The van der Waals surface area contributed by atoms with Crippen LogP contribution in [0, 0.1) is 11.3 Å². The maximum atomic E-state index is 12.7. The van der Waals surface area contributed by atoms with E-state index in [1.165, 1.54) is 49.6 Å². The molecule has 0 fully saturated rings. The Bertz CT molecular complexity index is 1080. The minimum Gasteiger partial charge on any atom is -0.493 e. The average molecular weight is 423 g/mol. The number of nitriles is 1. The van der Waals surface area contributed by atoms with Gasteiger partial charge < -0.3 is 14.8 Å². The Kier molecular flexibility index (Phi) is 6.87. The van der Waals surface area contributed by atoms with Crippen LogP contribution in [0.15, 0.2) is 52.9 Å². The molecule has 0 atom stereocenters. The summed E-state index contributed by atoms with van der Waals surface area (Å²) < 4.78 is 57.3. The maximum Gasteiger partial charge on any atom is 0.387 e. The van der Waals surface area contributed by atoms with Gasteiger partial charge in [0.05, 0.1) is 12.0 Å². The van der Waals surface area contributed by atoms with E-state index in [-0.39, 0.29) is 27.6 Å². The number of hydrogen-bond donors (Lipinski definition) is 2. The number of benzene rings is 2. The van der Waals surface area contributed by atoms with Gasteiger partial charge in [0.2, 0.25) is 10.0 Å². The Labute approximate surface area is 165 Å². The number of amides is 1. The summed E-state index contributed by atoms with van der Waals surface area (Å²) in [4.78, 5) is 12.2. The fourth-order valence-corrected chi connectivity index (χ4v) is 2.77. The van der Waals surface area contributed by atoms with Crippen molar-refractivity contribution in [3.63, 3.8) is 0 Å². The predicted molar refractivity (Wildman–Crippen MR) is 99.7 cm³/mol. The Morgan fingerprint density at radius 1 is 1.24 bits per heavy atom. The first-order chi connectivity index (χ1) is 13.7. The Hall–Kier alpha value is -3.49. The number of hydrogen-bond acceptors (Lipinski definition) is 6. The van der Waals surface area contributed by atoms with Gasteiger partial charge in [0.25, 0.3) is 5.91 Å². The number of sulfonamides is 1. The van der Waals surface area contributed by atoms with Gasteiger partial charge in [-0.2, -0.15) is 14.0 Å². The second-order valence-corrected chi connectivity index (χ2v) is 7.01. The van der Waals surface area contributed by atoms with Crippen LogP contribution < -0.4 is 19.9 Å². The molecule has 2 aromatic rings. The number of nitrogens with two attached hydrogens (primary N) is 1. The summed E-state index contributed by atoms with van der Waals surface area (Å²) in [7, 11) is -2.64. The van der Waals surface area contributed by atoms with Crippen molar-refractivity contribution in [1.29, 1.82) is 5.26 Å². The van der Waals surface area contributed by atoms with Gasteiger partial charge in [0.15, 0.2) is 11.5 Å². The molecule has 2 aromatic carbocycles. The molecule has 29 heavy (non-hydrogen) atoms. The van der Waals surface area contributed by atoms with Gasteiger partial charge in [-0.05, 0) is 36.4 Å². The van der Waals surface area contributed by atoms with Crippen molar-refractivity contribution in [2.45, 2.75) is 11.5 Å². The van der Waals surface area contributed by atoms with Gasteiger partial charge in [0.1, 0.15) is 11.6 Å². The second kappa shape index (κ2) is 9.13. The van der Waals surface area contributed by atoms with E-state index in [1.807, 2.05) is 0 Å². The van der Waals surface area contributed by atoms with Crippen LogP contribution in [0.1, 0.15) is 5.56 Å². The predicted octanol–water partition coefficient (Wildman–Crippen LogP) is 2.49. The van der Waals surface area contributed by atoms with E-state index in [2.05, 4.69) is 10.1 Å². The Balaban J connectivity index is 2.32. The highest BCUT2D eigenvalue weighted by Gasteiger charge is 2.17. The van der Waals surface area contributed by atoms with Gasteiger partial charge in [-0.3, -0.25) is 4.79 Å². The number of para-hydroxylation sites is 1. The molecule has 0 saturated heterocycles. The van der Waals surface area contributed by atoms with Crippen molar-refractivity contribution in [2.24, 2.45) is 5.14 Å². The zero-order chi connectivity index (χ0) is 21.6. The molecule has 11 heteroatoms. The third kappa shape index (κ3) is 5.74. The summed E-state index contributed by atoms with van der Waals surface area (Å²) >= 11 is 0. The van der Waals surface area contributed by atoms with Crippen molar-refractivity contribution >= 4 is 27.7 Å². The molecular weight excluding hydrogens is 408 g/mol. The van der Waals surface area contributed by atoms with Crippen molar-refractivity contribution in [3.8, 4) is 17.6 Å². The SMILES string of the molecule is COc1cccc(/C=C(\C#N)C(=O)Nc2ccc(S(N)(=O)=O)cc2)c1OC(F)F. The van der Waals surface area contributed by atoms with Crippen LogP contribution in [-0.2, 0) is 14.8 Å². The topological polar surface area (TPSA) is 132 Å². The molecule has 3 N–H and O–H groups in total. The zero-order valence-electron chi connectivity index (χ0n) is 14.9. The number of primary sulfonamides is 1. The summed E-state index contributed by atoms with van der Waals surface area (Å²) in [5, 5.41) is 16.7. The van der Waals surface area contributed by atoms with E-state index in [0.717, 1.165) is 6.08 Å². The van der Waals surface area contributed by atoms with Gasteiger partial charge >= 0.3 is 6.61 Å². The normalized spacial score (nSPS) is 11.7. The molecule has 0 aliphatic rings. The summed E-state index contributed by atoms with van der Waals surface area (Å²) in [5.41, 5.74) is -0.188. The lowest BCUT2D eigenvalue weighted by atomic mass is 10.1. The molecular formula is C18H15F2N3O5S. The van der Waals surface area contributed by atoms with Crippen LogP contribution in [0.5, 0.6) is 11.5 Å². The molecule has 0 aliphatic heterocycles. The van der Waals surface area contributed by atoms with E-state index in [9.17, 15) is 27.3 Å². The number of ether oxygens (including phenoxy) is 2. The van der Waals surface area contributed by atoms with Crippen LogP contribution >= 0.6 is 0 Å². The highest BCUT2D eigenvalue weighted by Crippen LogP contribution is 2.34. The van der Waals surface area contributed by atoms with Gasteiger partial charge in [0, 0.05) is 11.3 Å². The molecule has 0 aliphatic carbocycles. The van der Waals surface area contributed by atoms with E-state index in [4.69, 9.17) is 9.88 Å². The second-order valence-electron chi connectivity index (χ2n) is 5.45. The van der Waals surface area contributed by atoms with E-state index < -0.39 is 28.1 Å². The Morgan fingerprint density at radius 2 is 1.90 bits per heavy atom. The van der Waals surface area contributed by atoms with Crippen LogP contribution in [0.25, 0.3) is 6.08 Å². The number of carbonyl (C=O) groups excluding carboxylic acids is 1. The molecule has 0 radical (unpaired) electrons. The van der Waals surface area contributed by atoms with Crippen molar-refractivity contribution in [2.75, 3.05) is 12.4 Å². The highest BCUT2D eigenvalue weighted by atomic mass is 32.2. The molecule has 8 nitrogen and oxygen atoms in total. The first-order valence-corrected chi connectivity index (χ1v) is 9.38. The first-order valence-electron chi connectivity index (χ1n) is 7.83. The molecule has 0 unspecified atom stereocenters.